The molecule has 0 bridgehead atoms. The minimum Gasteiger partial charge on any atom is -0.496 e. The van der Waals surface area contributed by atoms with Crippen LogP contribution in [0.4, 0.5) is 0 Å². The molecule has 1 aromatic carbocycles. The third kappa shape index (κ3) is 3.00. The third-order valence-corrected chi connectivity index (χ3v) is 2.94. The summed E-state index contributed by atoms with van der Waals surface area (Å²) >= 11 is 0. The number of methoxy groups -OCH3 is 3. The molecule has 0 atom stereocenters. The molecule has 1 aromatic heterocycles. The van der Waals surface area contributed by atoms with Crippen molar-refractivity contribution in [3.8, 4) is 11.5 Å². The summed E-state index contributed by atoms with van der Waals surface area (Å²) in [6.07, 6.45) is 1.74. The van der Waals surface area contributed by atoms with E-state index >= 15 is 0 Å². The van der Waals surface area contributed by atoms with E-state index in [4.69, 9.17) is 18.6 Å². The van der Waals surface area contributed by atoms with Gasteiger partial charge < -0.3 is 23.9 Å². The van der Waals surface area contributed by atoms with Crippen molar-refractivity contribution in [1.82, 2.24) is 5.32 Å². The average molecular weight is 265 g/mol. The van der Waals surface area contributed by atoms with Crippen LogP contribution in [0, 0.1) is 0 Å². The number of ether oxygens (including phenoxy) is 3. The van der Waals surface area contributed by atoms with Gasteiger partial charge in [0.2, 0.25) is 0 Å². The molecule has 19 heavy (non-hydrogen) atoms. The van der Waals surface area contributed by atoms with Crippen LogP contribution in [-0.4, -0.2) is 34.5 Å². The van der Waals surface area contributed by atoms with Crippen LogP contribution in [0.3, 0.4) is 0 Å². The molecule has 2 rings (SSSR count). The third-order valence-electron chi connectivity index (χ3n) is 2.94. The van der Waals surface area contributed by atoms with E-state index < -0.39 is 0 Å². The molecule has 0 amide bonds. The molecule has 5 nitrogen and oxygen atoms in total. The van der Waals surface area contributed by atoms with E-state index in [2.05, 4.69) is 5.32 Å². The molecule has 0 saturated heterocycles. The molecule has 1 heterocycles. The Labute approximate surface area is 112 Å². The van der Waals surface area contributed by atoms with Gasteiger partial charge in [-0.3, -0.25) is 0 Å². The molecule has 104 valence electrons. The van der Waals surface area contributed by atoms with Gasteiger partial charge in [0.1, 0.15) is 17.1 Å². The Bertz CT molecular complexity index is 535. The number of benzene rings is 1. The smallest absolute Gasteiger partial charge is 0.141 e. The average Bonchev–Trinajstić information content (AvgIpc) is 2.85. The SMILES string of the molecule is COCCNCc1coc2cc(OC)cc(OC)c12. The second-order valence-electron chi connectivity index (χ2n) is 4.13. The monoisotopic (exact) mass is 265 g/mol. The van der Waals surface area contributed by atoms with E-state index in [1.807, 2.05) is 12.1 Å². The fourth-order valence-corrected chi connectivity index (χ4v) is 1.97. The van der Waals surface area contributed by atoms with Crippen LogP contribution in [0.1, 0.15) is 5.56 Å². The molecular weight excluding hydrogens is 246 g/mol. The normalized spacial score (nSPS) is 10.9. The highest BCUT2D eigenvalue weighted by atomic mass is 16.5. The lowest BCUT2D eigenvalue weighted by atomic mass is 10.1. The second kappa shape index (κ2) is 6.45. The summed E-state index contributed by atoms with van der Waals surface area (Å²) in [6, 6.07) is 3.72. The van der Waals surface area contributed by atoms with Crippen LogP contribution in [0.25, 0.3) is 11.0 Å². The van der Waals surface area contributed by atoms with Crippen LogP contribution in [0.5, 0.6) is 11.5 Å². The van der Waals surface area contributed by atoms with Gasteiger partial charge in [0, 0.05) is 37.9 Å². The summed E-state index contributed by atoms with van der Waals surface area (Å²) in [7, 11) is 4.95. The molecule has 0 aliphatic heterocycles. The number of rotatable bonds is 7. The van der Waals surface area contributed by atoms with Gasteiger partial charge >= 0.3 is 0 Å². The van der Waals surface area contributed by atoms with Gasteiger partial charge in [0.05, 0.1) is 32.5 Å². The Balaban J connectivity index is 2.25. The van der Waals surface area contributed by atoms with Crippen molar-refractivity contribution in [2.24, 2.45) is 0 Å². The van der Waals surface area contributed by atoms with Gasteiger partial charge in [-0.1, -0.05) is 0 Å². The molecule has 1 N–H and O–H groups in total. The lowest BCUT2D eigenvalue weighted by Gasteiger charge is -2.07. The van der Waals surface area contributed by atoms with Crippen molar-refractivity contribution in [2.75, 3.05) is 34.5 Å². The molecule has 0 fully saturated rings. The summed E-state index contributed by atoms with van der Waals surface area (Å²) in [4.78, 5) is 0. The maximum Gasteiger partial charge on any atom is 0.141 e. The fraction of sp³-hybridized carbons (Fsp3) is 0.429. The number of hydrogen-bond acceptors (Lipinski definition) is 5. The number of furan rings is 1. The quantitative estimate of drug-likeness (QED) is 0.778. The number of hydrogen-bond donors (Lipinski definition) is 1. The van der Waals surface area contributed by atoms with Crippen molar-refractivity contribution < 1.29 is 18.6 Å². The van der Waals surface area contributed by atoms with E-state index in [1.54, 1.807) is 27.6 Å². The zero-order valence-corrected chi connectivity index (χ0v) is 11.5. The Morgan fingerprint density at radius 3 is 2.68 bits per heavy atom. The van der Waals surface area contributed by atoms with Crippen molar-refractivity contribution in [3.05, 3.63) is 24.0 Å². The van der Waals surface area contributed by atoms with E-state index in [1.165, 1.54) is 0 Å². The molecule has 0 radical (unpaired) electrons. The highest BCUT2D eigenvalue weighted by Gasteiger charge is 2.13. The predicted molar refractivity (Wildman–Crippen MR) is 72.9 cm³/mol. The Morgan fingerprint density at radius 2 is 2.00 bits per heavy atom. The standard InChI is InChI=1S/C14H19NO4/c1-16-5-4-15-8-10-9-19-13-7-11(17-2)6-12(18-3)14(10)13/h6-7,9,15H,4-5,8H2,1-3H3. The van der Waals surface area contributed by atoms with Crippen LogP contribution in [0.2, 0.25) is 0 Å². The first-order valence-electron chi connectivity index (χ1n) is 6.12. The molecular formula is C14H19NO4. The predicted octanol–water partition coefficient (Wildman–Crippen LogP) is 2.19. The van der Waals surface area contributed by atoms with Gasteiger partial charge in [0.15, 0.2) is 0 Å². The Morgan fingerprint density at radius 1 is 1.16 bits per heavy atom. The lowest BCUT2D eigenvalue weighted by molar-refractivity contribution is 0.199. The number of nitrogens with one attached hydrogen (secondary N) is 1. The molecule has 0 unspecified atom stereocenters. The van der Waals surface area contributed by atoms with Gasteiger partial charge in [-0.25, -0.2) is 0 Å². The van der Waals surface area contributed by atoms with Crippen molar-refractivity contribution in [2.45, 2.75) is 6.54 Å². The minimum atomic E-state index is 0.681. The summed E-state index contributed by atoms with van der Waals surface area (Å²) in [6.45, 7) is 2.18. The van der Waals surface area contributed by atoms with Gasteiger partial charge in [-0.2, -0.15) is 0 Å². The van der Waals surface area contributed by atoms with Crippen LogP contribution >= 0.6 is 0 Å². The highest BCUT2D eigenvalue weighted by molar-refractivity contribution is 5.89. The summed E-state index contributed by atoms with van der Waals surface area (Å²) in [5, 5.41) is 4.27. The molecule has 0 saturated carbocycles. The first-order valence-corrected chi connectivity index (χ1v) is 6.12. The van der Waals surface area contributed by atoms with Crippen LogP contribution in [-0.2, 0) is 11.3 Å². The Hall–Kier alpha value is -1.72. The van der Waals surface area contributed by atoms with Crippen molar-refractivity contribution >= 4 is 11.0 Å². The minimum absolute atomic E-state index is 0.681. The van der Waals surface area contributed by atoms with Gasteiger partial charge in [0.25, 0.3) is 0 Å². The van der Waals surface area contributed by atoms with E-state index in [0.717, 1.165) is 34.6 Å². The molecule has 0 spiro atoms. The van der Waals surface area contributed by atoms with E-state index in [0.29, 0.717) is 13.2 Å². The zero-order valence-electron chi connectivity index (χ0n) is 11.5. The van der Waals surface area contributed by atoms with Gasteiger partial charge in [-0.15, -0.1) is 0 Å². The summed E-state index contributed by atoms with van der Waals surface area (Å²) < 4.78 is 21.2. The topological polar surface area (TPSA) is 52.9 Å². The fourth-order valence-electron chi connectivity index (χ4n) is 1.97. The first kappa shape index (κ1) is 13.7. The van der Waals surface area contributed by atoms with Crippen LogP contribution in [0.15, 0.2) is 22.8 Å². The van der Waals surface area contributed by atoms with Crippen molar-refractivity contribution in [3.63, 3.8) is 0 Å². The summed E-state index contributed by atoms with van der Waals surface area (Å²) in [5.74, 6) is 1.48. The van der Waals surface area contributed by atoms with Gasteiger partial charge in [-0.05, 0) is 0 Å². The summed E-state index contributed by atoms with van der Waals surface area (Å²) in [5.41, 5.74) is 1.82. The highest BCUT2D eigenvalue weighted by Crippen LogP contribution is 2.34. The first-order chi connectivity index (χ1) is 9.30. The van der Waals surface area contributed by atoms with E-state index in [-0.39, 0.29) is 0 Å². The lowest BCUT2D eigenvalue weighted by Crippen LogP contribution is -2.18. The second-order valence-corrected chi connectivity index (χ2v) is 4.13. The maximum atomic E-state index is 5.56. The van der Waals surface area contributed by atoms with Crippen LogP contribution < -0.4 is 14.8 Å². The number of fused-ring (bicyclic) bond motifs is 1. The molecule has 2 aromatic rings. The molecule has 0 aliphatic carbocycles. The largest absolute Gasteiger partial charge is 0.496 e. The zero-order chi connectivity index (χ0) is 13.7. The molecule has 0 aliphatic rings. The van der Waals surface area contributed by atoms with Crippen molar-refractivity contribution in [1.29, 1.82) is 0 Å². The molecule has 5 heteroatoms. The van der Waals surface area contributed by atoms with E-state index in [9.17, 15) is 0 Å². The maximum absolute atomic E-state index is 5.56. The Kier molecular flexibility index (Phi) is 4.65.